The Morgan fingerprint density at radius 2 is 1.59 bits per heavy atom. The number of benzene rings is 3. The maximum atomic E-state index is 12.7. The quantitative estimate of drug-likeness (QED) is 0.267. The van der Waals surface area contributed by atoms with Crippen LogP contribution in [-0.4, -0.2) is 37.9 Å². The molecule has 3 aromatic carbocycles. The lowest BCUT2D eigenvalue weighted by molar-refractivity contribution is -0.274. The molecule has 4 rings (SSSR count). The molecule has 0 amide bonds. The number of rotatable bonds is 8. The third-order valence-electron chi connectivity index (χ3n) is 5.70. The zero-order valence-corrected chi connectivity index (χ0v) is 21.1. The summed E-state index contributed by atoms with van der Waals surface area (Å²) in [5.74, 6) is 1.54. The van der Waals surface area contributed by atoms with Gasteiger partial charge in [-0.3, -0.25) is 0 Å². The fourth-order valence-corrected chi connectivity index (χ4v) is 4.09. The average Bonchev–Trinajstić information content (AvgIpc) is 2.88. The van der Waals surface area contributed by atoms with Crippen molar-refractivity contribution < 1.29 is 32.1 Å². The van der Waals surface area contributed by atoms with E-state index in [1.165, 1.54) is 13.2 Å². The summed E-state index contributed by atoms with van der Waals surface area (Å²) in [4.78, 5) is 0. The minimum absolute atomic E-state index is 0.174. The number of alkyl halides is 3. The Hall–Kier alpha value is -3.92. The van der Waals surface area contributed by atoms with E-state index >= 15 is 0 Å². The van der Waals surface area contributed by atoms with Gasteiger partial charge in [-0.15, -0.1) is 18.3 Å². The number of halogens is 4. The lowest BCUT2D eigenvalue weighted by atomic mass is 10.00. The molecule has 0 spiro atoms. The van der Waals surface area contributed by atoms with Crippen LogP contribution in [0.15, 0.2) is 48.5 Å². The average molecular weight is 534 g/mol. The van der Waals surface area contributed by atoms with Gasteiger partial charge in [-0.2, -0.15) is 5.10 Å². The molecule has 11 heteroatoms. The second kappa shape index (κ2) is 10.6. The number of hydrogen-bond acceptors (Lipinski definition) is 7. The summed E-state index contributed by atoms with van der Waals surface area (Å²) < 4.78 is 58.3. The summed E-state index contributed by atoms with van der Waals surface area (Å²) in [5, 5.41) is 13.3. The van der Waals surface area contributed by atoms with E-state index in [1.54, 1.807) is 26.4 Å². The standard InChI is InChI=1S/C26H23ClF3N3O4/c1-14-19-9-15(20-11-21(27)24(12-23(20)36-4)37-26(28,29)30)6-8-18(19)25(33-32-14)31-13-16-5-7-17(34-2)10-22(16)35-3/h5-12H,13H2,1-4H3,(H,31,33). The molecule has 0 saturated carbocycles. The zero-order chi connectivity index (χ0) is 26.7. The second-order valence-corrected chi connectivity index (χ2v) is 8.36. The van der Waals surface area contributed by atoms with Gasteiger partial charge >= 0.3 is 6.36 Å². The van der Waals surface area contributed by atoms with E-state index in [0.29, 0.717) is 40.7 Å². The lowest BCUT2D eigenvalue weighted by Gasteiger charge is -2.16. The van der Waals surface area contributed by atoms with E-state index in [2.05, 4.69) is 20.3 Å². The number of methoxy groups -OCH3 is 3. The van der Waals surface area contributed by atoms with Crippen molar-refractivity contribution in [1.29, 1.82) is 0 Å². The van der Waals surface area contributed by atoms with Crippen LogP contribution in [0.3, 0.4) is 0 Å². The highest BCUT2D eigenvalue weighted by atomic mass is 35.5. The molecule has 0 radical (unpaired) electrons. The fraction of sp³-hybridized carbons (Fsp3) is 0.231. The molecular weight excluding hydrogens is 511 g/mol. The molecule has 1 N–H and O–H groups in total. The third-order valence-corrected chi connectivity index (χ3v) is 5.99. The van der Waals surface area contributed by atoms with Crippen LogP contribution >= 0.6 is 11.6 Å². The fourth-order valence-electron chi connectivity index (χ4n) is 3.89. The largest absolute Gasteiger partial charge is 0.573 e. The van der Waals surface area contributed by atoms with Gasteiger partial charge in [0.25, 0.3) is 0 Å². The third kappa shape index (κ3) is 5.75. The van der Waals surface area contributed by atoms with E-state index in [4.69, 9.17) is 25.8 Å². The van der Waals surface area contributed by atoms with E-state index < -0.39 is 12.1 Å². The van der Waals surface area contributed by atoms with Gasteiger partial charge in [-0.1, -0.05) is 17.7 Å². The monoisotopic (exact) mass is 533 g/mol. The summed E-state index contributed by atoms with van der Waals surface area (Å²) >= 11 is 6.10. The van der Waals surface area contributed by atoms with E-state index in [-0.39, 0.29) is 10.8 Å². The lowest BCUT2D eigenvalue weighted by Crippen LogP contribution is -2.17. The Morgan fingerprint density at radius 3 is 2.27 bits per heavy atom. The highest BCUT2D eigenvalue weighted by Gasteiger charge is 2.32. The minimum Gasteiger partial charge on any atom is -0.497 e. The molecule has 7 nitrogen and oxygen atoms in total. The van der Waals surface area contributed by atoms with Crippen LogP contribution in [0.4, 0.5) is 19.0 Å². The number of nitrogens with zero attached hydrogens (tertiary/aromatic N) is 2. The first-order chi connectivity index (χ1) is 17.6. The Kier molecular flexibility index (Phi) is 7.49. The smallest absolute Gasteiger partial charge is 0.497 e. The highest BCUT2D eigenvalue weighted by molar-refractivity contribution is 6.32. The predicted octanol–water partition coefficient (Wildman–Crippen LogP) is 6.80. The van der Waals surface area contributed by atoms with E-state index in [0.717, 1.165) is 22.4 Å². The number of fused-ring (bicyclic) bond motifs is 1. The zero-order valence-electron chi connectivity index (χ0n) is 20.4. The van der Waals surface area contributed by atoms with Gasteiger partial charge in [0.15, 0.2) is 11.6 Å². The summed E-state index contributed by atoms with van der Waals surface area (Å²) in [6.45, 7) is 2.24. The molecule has 0 fully saturated rings. The van der Waals surface area contributed by atoms with Gasteiger partial charge in [0.2, 0.25) is 0 Å². The number of nitrogens with one attached hydrogen (secondary N) is 1. The van der Waals surface area contributed by atoms with Gasteiger partial charge < -0.3 is 24.3 Å². The summed E-state index contributed by atoms with van der Waals surface area (Å²) in [6, 6.07) is 13.5. The van der Waals surface area contributed by atoms with Crippen LogP contribution < -0.4 is 24.3 Å². The molecule has 194 valence electrons. The molecular formula is C26H23ClF3N3O4. The summed E-state index contributed by atoms with van der Waals surface area (Å²) in [5.41, 5.74) is 2.74. The van der Waals surface area contributed by atoms with Crippen LogP contribution in [0.5, 0.6) is 23.0 Å². The first-order valence-corrected chi connectivity index (χ1v) is 11.4. The molecule has 0 aliphatic rings. The topological polar surface area (TPSA) is 74.7 Å². The van der Waals surface area contributed by atoms with Crippen LogP contribution in [-0.2, 0) is 6.54 Å². The number of aromatic nitrogens is 2. The van der Waals surface area contributed by atoms with Gasteiger partial charge in [-0.05, 0) is 42.8 Å². The Labute approximate surface area is 216 Å². The SMILES string of the molecule is COc1ccc(CNc2nnc(C)c3cc(-c4cc(Cl)c(OC(F)(F)F)cc4OC)ccc23)c(OC)c1. The van der Waals surface area contributed by atoms with Crippen molar-refractivity contribution in [2.45, 2.75) is 19.8 Å². The minimum atomic E-state index is -4.88. The molecule has 0 unspecified atom stereocenters. The molecule has 37 heavy (non-hydrogen) atoms. The molecule has 4 aromatic rings. The number of ether oxygens (including phenoxy) is 4. The first kappa shape index (κ1) is 26.2. The molecule has 0 bridgehead atoms. The normalized spacial score (nSPS) is 11.4. The van der Waals surface area contributed by atoms with Crippen molar-refractivity contribution in [1.82, 2.24) is 10.2 Å². The molecule has 1 heterocycles. The van der Waals surface area contributed by atoms with Crippen molar-refractivity contribution in [3.8, 4) is 34.1 Å². The Bertz CT molecular complexity index is 1450. The van der Waals surface area contributed by atoms with Crippen molar-refractivity contribution in [3.63, 3.8) is 0 Å². The van der Waals surface area contributed by atoms with Gasteiger partial charge in [0, 0.05) is 40.6 Å². The van der Waals surface area contributed by atoms with Crippen molar-refractivity contribution >= 4 is 28.2 Å². The Balaban J connectivity index is 1.69. The highest BCUT2D eigenvalue weighted by Crippen LogP contribution is 2.41. The van der Waals surface area contributed by atoms with Crippen LogP contribution in [0.1, 0.15) is 11.3 Å². The molecule has 0 aliphatic heterocycles. The predicted molar refractivity (Wildman–Crippen MR) is 135 cm³/mol. The van der Waals surface area contributed by atoms with Crippen LogP contribution in [0, 0.1) is 6.92 Å². The summed E-state index contributed by atoms with van der Waals surface area (Å²) in [6.07, 6.45) is -4.88. The maximum absolute atomic E-state index is 12.7. The second-order valence-electron chi connectivity index (χ2n) is 7.96. The van der Waals surface area contributed by atoms with Crippen LogP contribution in [0.2, 0.25) is 5.02 Å². The summed E-state index contributed by atoms with van der Waals surface area (Å²) in [7, 11) is 4.53. The van der Waals surface area contributed by atoms with E-state index in [9.17, 15) is 13.2 Å². The number of anilines is 1. The maximum Gasteiger partial charge on any atom is 0.573 e. The number of aryl methyl sites for hydroxylation is 1. The van der Waals surface area contributed by atoms with Crippen molar-refractivity contribution in [2.75, 3.05) is 26.6 Å². The van der Waals surface area contributed by atoms with Gasteiger partial charge in [0.05, 0.1) is 32.0 Å². The number of hydrogen-bond donors (Lipinski definition) is 1. The van der Waals surface area contributed by atoms with Gasteiger partial charge in [0.1, 0.15) is 17.2 Å². The van der Waals surface area contributed by atoms with Gasteiger partial charge in [-0.25, -0.2) is 0 Å². The van der Waals surface area contributed by atoms with E-state index in [1.807, 2.05) is 31.2 Å². The van der Waals surface area contributed by atoms with Crippen molar-refractivity contribution in [2.24, 2.45) is 0 Å². The van der Waals surface area contributed by atoms with Crippen LogP contribution in [0.25, 0.3) is 21.9 Å². The molecule has 0 atom stereocenters. The molecule has 1 aromatic heterocycles. The Morgan fingerprint density at radius 1 is 0.838 bits per heavy atom. The van der Waals surface area contributed by atoms with Crippen molar-refractivity contribution in [3.05, 3.63) is 64.8 Å². The first-order valence-electron chi connectivity index (χ1n) is 11.0. The molecule has 0 aliphatic carbocycles. The molecule has 0 saturated heterocycles.